The van der Waals surface area contributed by atoms with Crippen LogP contribution in [0.5, 0.6) is 5.75 Å². The number of amides is 1. The molecule has 1 aromatic heterocycles. The molecule has 1 aliphatic carbocycles. The van der Waals surface area contributed by atoms with E-state index in [4.69, 9.17) is 16.3 Å². The average Bonchev–Trinajstić information content (AvgIpc) is 3.35. The van der Waals surface area contributed by atoms with Gasteiger partial charge in [-0.05, 0) is 43.9 Å². The Kier molecular flexibility index (Phi) is 6.84. The van der Waals surface area contributed by atoms with E-state index in [2.05, 4.69) is 16.5 Å². The van der Waals surface area contributed by atoms with Crippen LogP contribution in [0.1, 0.15) is 30.5 Å². The maximum Gasteiger partial charge on any atom is 0.244 e. The molecule has 0 bridgehead atoms. The minimum absolute atomic E-state index is 0.00404. The van der Waals surface area contributed by atoms with E-state index in [0.717, 1.165) is 11.3 Å². The predicted molar refractivity (Wildman–Crippen MR) is 143 cm³/mol. The van der Waals surface area contributed by atoms with Crippen molar-refractivity contribution in [2.24, 2.45) is 0 Å². The standard InChI is InChI=1S/C27H28ClN5O4S/c1-18-12-25(33(31-18)15-19-6-4-3-5-7-19)32-16-21(14-23(32)26(34)30-27(17-29)10-11-27)38(35,36)24-9-8-20(37-2)13-22(24)28/h3-9,12-13,21,23H,10-11,14-16H2,1-2H3,(H,30,34). The largest absolute Gasteiger partial charge is 0.497 e. The first-order valence-electron chi connectivity index (χ1n) is 12.3. The van der Waals surface area contributed by atoms with Crippen LogP contribution in [0.2, 0.25) is 5.02 Å². The van der Waals surface area contributed by atoms with Crippen molar-refractivity contribution < 1.29 is 17.9 Å². The lowest BCUT2D eigenvalue weighted by molar-refractivity contribution is -0.122. The van der Waals surface area contributed by atoms with Gasteiger partial charge in [-0.15, -0.1) is 0 Å². The van der Waals surface area contributed by atoms with Gasteiger partial charge < -0.3 is 15.0 Å². The van der Waals surface area contributed by atoms with Gasteiger partial charge in [0.25, 0.3) is 0 Å². The molecule has 2 heterocycles. The van der Waals surface area contributed by atoms with Crippen LogP contribution in [0.4, 0.5) is 5.82 Å². The van der Waals surface area contributed by atoms with Gasteiger partial charge >= 0.3 is 0 Å². The van der Waals surface area contributed by atoms with Crippen LogP contribution < -0.4 is 15.0 Å². The number of anilines is 1. The van der Waals surface area contributed by atoms with Gasteiger partial charge in [0.2, 0.25) is 5.91 Å². The molecule has 2 aromatic carbocycles. The number of carbonyl (C=O) groups excluding carboxylic acids is 1. The number of rotatable bonds is 8. The highest BCUT2D eigenvalue weighted by molar-refractivity contribution is 7.92. The number of hydrogen-bond donors (Lipinski definition) is 1. The van der Waals surface area contributed by atoms with E-state index in [0.29, 0.717) is 31.0 Å². The van der Waals surface area contributed by atoms with E-state index in [1.165, 1.54) is 19.2 Å². The first-order valence-corrected chi connectivity index (χ1v) is 14.2. The summed E-state index contributed by atoms with van der Waals surface area (Å²) in [5.41, 5.74) is 0.891. The molecule has 2 aliphatic rings. The number of aromatic nitrogens is 2. The summed E-state index contributed by atoms with van der Waals surface area (Å²) in [5.74, 6) is 0.727. The van der Waals surface area contributed by atoms with Gasteiger partial charge in [0.1, 0.15) is 23.1 Å². The summed E-state index contributed by atoms with van der Waals surface area (Å²) in [6.45, 7) is 2.39. The monoisotopic (exact) mass is 553 g/mol. The van der Waals surface area contributed by atoms with Crippen LogP contribution in [0.25, 0.3) is 0 Å². The second-order valence-corrected chi connectivity index (χ2v) is 12.4. The Morgan fingerprint density at radius 1 is 1.24 bits per heavy atom. The third-order valence-electron chi connectivity index (χ3n) is 7.13. The second kappa shape index (κ2) is 9.97. The molecule has 0 spiro atoms. The number of halogens is 1. The number of ether oxygens (including phenoxy) is 1. The molecule has 1 aliphatic heterocycles. The minimum Gasteiger partial charge on any atom is -0.497 e. The fraction of sp³-hybridized carbons (Fsp3) is 0.370. The topological polar surface area (TPSA) is 117 Å². The van der Waals surface area contributed by atoms with Crippen molar-refractivity contribution in [3.05, 3.63) is 70.9 Å². The maximum atomic E-state index is 13.8. The summed E-state index contributed by atoms with van der Waals surface area (Å²) in [4.78, 5) is 15.3. The molecule has 1 saturated heterocycles. The molecule has 38 heavy (non-hydrogen) atoms. The smallest absolute Gasteiger partial charge is 0.244 e. The van der Waals surface area contributed by atoms with Crippen LogP contribution in [-0.2, 0) is 21.2 Å². The van der Waals surface area contributed by atoms with Crippen molar-refractivity contribution in [1.29, 1.82) is 5.26 Å². The van der Waals surface area contributed by atoms with Crippen molar-refractivity contribution in [2.75, 3.05) is 18.6 Å². The summed E-state index contributed by atoms with van der Waals surface area (Å²) >= 11 is 6.35. The van der Waals surface area contributed by atoms with Gasteiger partial charge in [0, 0.05) is 18.7 Å². The van der Waals surface area contributed by atoms with Gasteiger partial charge in [-0.1, -0.05) is 41.9 Å². The number of benzene rings is 2. The molecular formula is C27H28ClN5O4S. The Bertz CT molecular complexity index is 1510. The average molecular weight is 554 g/mol. The van der Waals surface area contributed by atoms with E-state index >= 15 is 0 Å². The van der Waals surface area contributed by atoms with E-state index in [1.54, 1.807) is 15.6 Å². The molecule has 1 amide bonds. The first kappa shape index (κ1) is 26.1. The lowest BCUT2D eigenvalue weighted by Gasteiger charge is -2.27. The Morgan fingerprint density at radius 2 is 1.97 bits per heavy atom. The molecule has 5 rings (SSSR count). The van der Waals surface area contributed by atoms with Crippen LogP contribution in [0.15, 0.2) is 59.5 Å². The highest BCUT2D eigenvalue weighted by Crippen LogP contribution is 2.38. The summed E-state index contributed by atoms with van der Waals surface area (Å²) in [5, 5.41) is 16.2. The summed E-state index contributed by atoms with van der Waals surface area (Å²) in [6.07, 6.45) is 1.21. The number of nitriles is 1. The van der Waals surface area contributed by atoms with E-state index in [1.807, 2.05) is 43.3 Å². The molecule has 3 aromatic rings. The molecular weight excluding hydrogens is 526 g/mol. The van der Waals surface area contributed by atoms with Gasteiger partial charge in [-0.3, -0.25) is 4.79 Å². The third-order valence-corrected chi connectivity index (χ3v) is 9.74. The Hall–Kier alpha value is -3.55. The quantitative estimate of drug-likeness (QED) is 0.453. The van der Waals surface area contributed by atoms with Gasteiger partial charge in [0.05, 0.1) is 40.6 Å². The van der Waals surface area contributed by atoms with Gasteiger partial charge in [-0.2, -0.15) is 10.4 Å². The lowest BCUT2D eigenvalue weighted by atomic mass is 10.1. The normalized spacial score (nSPS) is 20.1. The molecule has 11 heteroatoms. The van der Waals surface area contributed by atoms with Crippen molar-refractivity contribution in [3.63, 3.8) is 0 Å². The van der Waals surface area contributed by atoms with Crippen molar-refractivity contribution in [2.45, 2.75) is 54.5 Å². The maximum absolute atomic E-state index is 13.8. The second-order valence-electron chi connectivity index (χ2n) is 9.84. The number of sulfone groups is 1. The Balaban J connectivity index is 1.51. The molecule has 2 fully saturated rings. The number of hydrogen-bond acceptors (Lipinski definition) is 7. The van der Waals surface area contributed by atoms with Gasteiger partial charge in [0.15, 0.2) is 9.84 Å². The van der Waals surface area contributed by atoms with Gasteiger partial charge in [-0.25, -0.2) is 13.1 Å². The van der Waals surface area contributed by atoms with Crippen LogP contribution >= 0.6 is 11.6 Å². The van der Waals surface area contributed by atoms with E-state index < -0.39 is 26.7 Å². The molecule has 0 radical (unpaired) electrons. The zero-order valence-corrected chi connectivity index (χ0v) is 22.7. The Labute approximate surface area is 226 Å². The number of nitrogens with one attached hydrogen (secondary N) is 1. The van der Waals surface area contributed by atoms with Crippen molar-refractivity contribution >= 4 is 33.2 Å². The SMILES string of the molecule is COc1ccc(S(=O)(=O)C2CC(C(=O)NC3(C#N)CC3)N(c3cc(C)nn3Cc3ccccc3)C2)c(Cl)c1. The molecule has 9 nitrogen and oxygen atoms in total. The zero-order chi connectivity index (χ0) is 27.1. The number of nitrogens with zero attached hydrogens (tertiary/aromatic N) is 4. The summed E-state index contributed by atoms with van der Waals surface area (Å²) in [6, 6.07) is 17.5. The summed E-state index contributed by atoms with van der Waals surface area (Å²) < 4.78 is 34.5. The fourth-order valence-electron chi connectivity index (χ4n) is 4.89. The van der Waals surface area contributed by atoms with Crippen LogP contribution in [0.3, 0.4) is 0 Å². The molecule has 1 saturated carbocycles. The predicted octanol–water partition coefficient (Wildman–Crippen LogP) is 3.50. The first-order chi connectivity index (χ1) is 18.2. The highest BCUT2D eigenvalue weighted by Gasteiger charge is 2.50. The number of methoxy groups -OCH3 is 1. The van der Waals surface area contributed by atoms with Crippen molar-refractivity contribution in [1.82, 2.24) is 15.1 Å². The van der Waals surface area contributed by atoms with E-state index in [-0.39, 0.29) is 28.8 Å². The molecule has 2 atom stereocenters. The minimum atomic E-state index is -3.90. The fourth-order valence-corrected chi connectivity index (χ4v) is 7.12. The van der Waals surface area contributed by atoms with Crippen molar-refractivity contribution in [3.8, 4) is 11.8 Å². The highest BCUT2D eigenvalue weighted by atomic mass is 35.5. The molecule has 198 valence electrons. The summed E-state index contributed by atoms with van der Waals surface area (Å²) in [7, 11) is -2.43. The zero-order valence-electron chi connectivity index (χ0n) is 21.1. The van der Waals surface area contributed by atoms with Crippen LogP contribution in [-0.4, -0.2) is 54.6 Å². The lowest BCUT2D eigenvalue weighted by Crippen LogP contribution is -2.48. The van der Waals surface area contributed by atoms with E-state index in [9.17, 15) is 18.5 Å². The van der Waals surface area contributed by atoms with Crippen LogP contribution in [0, 0.1) is 18.3 Å². The number of carbonyl (C=O) groups is 1. The number of aryl methyl sites for hydroxylation is 1. The third kappa shape index (κ3) is 4.96. The Morgan fingerprint density at radius 3 is 2.61 bits per heavy atom. The molecule has 1 N–H and O–H groups in total. The molecule has 2 unspecified atom stereocenters.